The minimum absolute atomic E-state index is 0. The Morgan fingerprint density at radius 1 is 1.17 bits per heavy atom. The van der Waals surface area contributed by atoms with Gasteiger partial charge in [-0.05, 0) is 51.6 Å². The molecule has 2 aliphatic rings. The van der Waals surface area contributed by atoms with Crippen molar-refractivity contribution < 1.29 is 9.53 Å². The van der Waals surface area contributed by atoms with Crippen LogP contribution in [0.4, 0.5) is 0 Å². The highest BCUT2D eigenvalue weighted by Gasteiger charge is 2.29. The Balaban J connectivity index is 0.00000162. The van der Waals surface area contributed by atoms with E-state index < -0.39 is 0 Å². The standard InChI is InChI=1S/C13H24N2O2.ClH/c1-15(11-5-4-8-14-9-7-11)13(16)12-6-2-3-10-17-12;/h11-12,14H,2-10H2,1H3;1H. The SMILES string of the molecule is CN(C(=O)C1CCCCO1)C1CCCNCC1.Cl. The first-order valence-corrected chi connectivity index (χ1v) is 6.88. The van der Waals surface area contributed by atoms with Crippen molar-refractivity contribution >= 4 is 18.3 Å². The van der Waals surface area contributed by atoms with Gasteiger partial charge in [-0.3, -0.25) is 4.79 Å². The number of nitrogens with one attached hydrogen (secondary N) is 1. The molecule has 18 heavy (non-hydrogen) atoms. The van der Waals surface area contributed by atoms with Crippen molar-refractivity contribution in [2.45, 2.75) is 50.7 Å². The second-order valence-electron chi connectivity index (χ2n) is 5.14. The zero-order chi connectivity index (χ0) is 12.1. The molecule has 2 aliphatic heterocycles. The summed E-state index contributed by atoms with van der Waals surface area (Å²) >= 11 is 0. The molecule has 2 fully saturated rings. The van der Waals surface area contributed by atoms with E-state index in [0.29, 0.717) is 6.04 Å². The van der Waals surface area contributed by atoms with E-state index in [-0.39, 0.29) is 24.4 Å². The van der Waals surface area contributed by atoms with Gasteiger partial charge in [-0.2, -0.15) is 0 Å². The lowest BCUT2D eigenvalue weighted by atomic mass is 10.0. The maximum Gasteiger partial charge on any atom is 0.251 e. The van der Waals surface area contributed by atoms with Crippen molar-refractivity contribution in [3.8, 4) is 0 Å². The minimum Gasteiger partial charge on any atom is -0.368 e. The number of hydrogen-bond acceptors (Lipinski definition) is 3. The van der Waals surface area contributed by atoms with E-state index in [1.54, 1.807) is 0 Å². The Morgan fingerprint density at radius 2 is 2.00 bits per heavy atom. The highest BCUT2D eigenvalue weighted by atomic mass is 35.5. The summed E-state index contributed by atoms with van der Waals surface area (Å²) in [6.45, 7) is 2.85. The minimum atomic E-state index is -0.176. The monoisotopic (exact) mass is 276 g/mol. The average Bonchev–Trinajstić information content (AvgIpc) is 2.67. The molecular formula is C13H25ClN2O2. The Bertz CT molecular complexity index is 249. The van der Waals surface area contributed by atoms with Crippen LogP contribution >= 0.6 is 12.4 Å². The Labute approximate surface area is 116 Å². The molecule has 0 saturated carbocycles. The number of nitrogens with zero attached hydrogens (tertiary/aromatic N) is 1. The largest absolute Gasteiger partial charge is 0.368 e. The molecule has 0 aromatic rings. The molecule has 2 unspecified atom stereocenters. The summed E-state index contributed by atoms with van der Waals surface area (Å²) in [5.41, 5.74) is 0. The number of rotatable bonds is 2. The summed E-state index contributed by atoms with van der Waals surface area (Å²) in [6, 6.07) is 0.392. The predicted molar refractivity (Wildman–Crippen MR) is 74.1 cm³/mol. The fourth-order valence-electron chi connectivity index (χ4n) is 2.73. The maximum absolute atomic E-state index is 12.3. The molecule has 2 atom stereocenters. The molecule has 4 nitrogen and oxygen atoms in total. The average molecular weight is 277 g/mol. The van der Waals surface area contributed by atoms with Gasteiger partial charge in [0, 0.05) is 19.7 Å². The number of amides is 1. The molecule has 0 aliphatic carbocycles. The number of likely N-dealkylation sites (N-methyl/N-ethyl adjacent to an activating group) is 1. The first-order valence-electron chi connectivity index (χ1n) is 6.88. The van der Waals surface area contributed by atoms with Gasteiger partial charge in [0.2, 0.25) is 0 Å². The molecule has 106 valence electrons. The number of hydrogen-bond donors (Lipinski definition) is 1. The van der Waals surface area contributed by atoms with Crippen LogP contribution < -0.4 is 5.32 Å². The molecule has 1 N–H and O–H groups in total. The lowest BCUT2D eigenvalue weighted by molar-refractivity contribution is -0.147. The van der Waals surface area contributed by atoms with Crippen LogP contribution in [0.15, 0.2) is 0 Å². The number of halogens is 1. The number of carbonyl (C=O) groups is 1. The van der Waals surface area contributed by atoms with Crippen molar-refractivity contribution in [1.29, 1.82) is 0 Å². The number of ether oxygens (including phenoxy) is 1. The first kappa shape index (κ1) is 15.7. The molecule has 5 heteroatoms. The van der Waals surface area contributed by atoms with Crippen molar-refractivity contribution in [3.63, 3.8) is 0 Å². The summed E-state index contributed by atoms with van der Waals surface area (Å²) < 4.78 is 5.58. The third kappa shape index (κ3) is 4.11. The van der Waals surface area contributed by atoms with Gasteiger partial charge in [0.15, 0.2) is 0 Å². The van der Waals surface area contributed by atoms with E-state index >= 15 is 0 Å². The van der Waals surface area contributed by atoms with Gasteiger partial charge in [0.05, 0.1) is 0 Å². The summed E-state index contributed by atoms with van der Waals surface area (Å²) in [7, 11) is 1.94. The van der Waals surface area contributed by atoms with Crippen molar-refractivity contribution in [1.82, 2.24) is 10.2 Å². The van der Waals surface area contributed by atoms with Crippen LogP contribution in [0.5, 0.6) is 0 Å². The highest BCUT2D eigenvalue weighted by molar-refractivity contribution is 5.85. The summed E-state index contributed by atoms with van der Waals surface area (Å²) in [6.07, 6.45) is 6.28. The molecule has 0 spiro atoms. The smallest absolute Gasteiger partial charge is 0.251 e. The van der Waals surface area contributed by atoms with Crippen molar-refractivity contribution in [2.24, 2.45) is 0 Å². The summed E-state index contributed by atoms with van der Waals surface area (Å²) in [5.74, 6) is 0.191. The molecule has 0 aromatic carbocycles. The Morgan fingerprint density at radius 3 is 2.72 bits per heavy atom. The van der Waals surface area contributed by atoms with Gasteiger partial charge in [0.1, 0.15) is 6.10 Å². The lowest BCUT2D eigenvalue weighted by Crippen LogP contribution is -2.45. The Kier molecular flexibility index (Phi) is 6.97. The molecule has 0 bridgehead atoms. The Hall–Kier alpha value is -0.320. The molecule has 0 radical (unpaired) electrons. The quantitative estimate of drug-likeness (QED) is 0.833. The zero-order valence-corrected chi connectivity index (χ0v) is 12.0. The van der Waals surface area contributed by atoms with E-state index in [2.05, 4.69) is 5.32 Å². The molecule has 2 heterocycles. The van der Waals surface area contributed by atoms with Gasteiger partial charge >= 0.3 is 0 Å². The molecule has 0 aromatic heterocycles. The highest BCUT2D eigenvalue weighted by Crippen LogP contribution is 2.18. The maximum atomic E-state index is 12.3. The van der Waals surface area contributed by atoms with Crippen LogP contribution in [-0.4, -0.2) is 49.7 Å². The topological polar surface area (TPSA) is 41.6 Å². The van der Waals surface area contributed by atoms with E-state index in [1.165, 1.54) is 0 Å². The normalized spacial score (nSPS) is 28.9. The van der Waals surface area contributed by atoms with Crippen LogP contribution in [0.2, 0.25) is 0 Å². The van der Waals surface area contributed by atoms with Crippen LogP contribution in [0.1, 0.15) is 38.5 Å². The van der Waals surface area contributed by atoms with Crippen LogP contribution in [0.25, 0.3) is 0 Å². The number of carbonyl (C=O) groups excluding carboxylic acids is 1. The van der Waals surface area contributed by atoms with Crippen LogP contribution in [-0.2, 0) is 9.53 Å². The fraction of sp³-hybridized carbons (Fsp3) is 0.923. The summed E-state index contributed by atoms with van der Waals surface area (Å²) in [5, 5.41) is 3.38. The molecule has 2 saturated heterocycles. The van der Waals surface area contributed by atoms with Gasteiger partial charge in [-0.25, -0.2) is 0 Å². The second kappa shape index (κ2) is 7.97. The summed E-state index contributed by atoms with van der Waals surface area (Å²) in [4.78, 5) is 14.2. The van der Waals surface area contributed by atoms with Crippen LogP contribution in [0, 0.1) is 0 Å². The predicted octanol–water partition coefficient (Wildman–Crippen LogP) is 1.58. The van der Waals surface area contributed by atoms with Gasteiger partial charge < -0.3 is 15.0 Å². The third-order valence-electron chi connectivity index (χ3n) is 3.90. The molecule has 1 amide bonds. The first-order chi connectivity index (χ1) is 8.29. The van der Waals surface area contributed by atoms with E-state index in [4.69, 9.17) is 4.74 Å². The second-order valence-corrected chi connectivity index (χ2v) is 5.14. The third-order valence-corrected chi connectivity index (χ3v) is 3.90. The van der Waals surface area contributed by atoms with Crippen molar-refractivity contribution in [2.75, 3.05) is 26.7 Å². The van der Waals surface area contributed by atoms with Crippen molar-refractivity contribution in [3.05, 3.63) is 0 Å². The van der Waals surface area contributed by atoms with Crippen LogP contribution in [0.3, 0.4) is 0 Å². The lowest BCUT2D eigenvalue weighted by Gasteiger charge is -2.32. The van der Waals surface area contributed by atoms with E-state index in [0.717, 1.165) is 58.2 Å². The fourth-order valence-corrected chi connectivity index (χ4v) is 2.73. The van der Waals surface area contributed by atoms with E-state index in [9.17, 15) is 4.79 Å². The van der Waals surface area contributed by atoms with Gasteiger partial charge in [0.25, 0.3) is 5.91 Å². The molecular weight excluding hydrogens is 252 g/mol. The molecule has 2 rings (SSSR count). The van der Waals surface area contributed by atoms with Gasteiger partial charge in [-0.1, -0.05) is 0 Å². The van der Waals surface area contributed by atoms with Gasteiger partial charge in [-0.15, -0.1) is 12.4 Å². The zero-order valence-electron chi connectivity index (χ0n) is 11.2. The van der Waals surface area contributed by atoms with E-state index in [1.807, 2.05) is 11.9 Å².